The number of ether oxygens (including phenoxy) is 2. The average molecular weight is 299 g/mol. The van der Waals surface area contributed by atoms with Gasteiger partial charge in [-0.05, 0) is 25.0 Å². The van der Waals surface area contributed by atoms with Gasteiger partial charge in [0.2, 0.25) is 12.7 Å². The second-order valence-corrected chi connectivity index (χ2v) is 5.48. The van der Waals surface area contributed by atoms with E-state index in [1.807, 2.05) is 18.2 Å². The fourth-order valence-corrected chi connectivity index (χ4v) is 2.80. The van der Waals surface area contributed by atoms with Crippen LogP contribution >= 0.6 is 0 Å². The second-order valence-electron chi connectivity index (χ2n) is 5.48. The van der Waals surface area contributed by atoms with Gasteiger partial charge < -0.3 is 20.1 Å². The molecule has 0 spiro atoms. The number of hydrogen-bond acceptors (Lipinski definition) is 7. The number of hydrogen-bond donors (Lipinski definition) is 2. The highest BCUT2D eigenvalue weighted by Gasteiger charge is 2.16. The maximum Gasteiger partial charge on any atom is 0.244 e. The summed E-state index contributed by atoms with van der Waals surface area (Å²) >= 11 is 0. The number of nitrogens with zero attached hydrogens (tertiary/aromatic N) is 3. The highest BCUT2D eigenvalue weighted by molar-refractivity contribution is 5.61. The van der Waals surface area contributed by atoms with E-state index >= 15 is 0 Å². The molecule has 22 heavy (non-hydrogen) atoms. The summed E-state index contributed by atoms with van der Waals surface area (Å²) in [4.78, 5) is 4.46. The third-order valence-corrected chi connectivity index (χ3v) is 3.89. The molecular formula is C15H17N5O2. The highest BCUT2D eigenvalue weighted by Crippen LogP contribution is 2.34. The average Bonchev–Trinajstić information content (AvgIpc) is 3.18. The van der Waals surface area contributed by atoms with Crippen molar-refractivity contribution in [3.05, 3.63) is 24.4 Å². The molecule has 0 bridgehead atoms. The van der Waals surface area contributed by atoms with Crippen molar-refractivity contribution in [3.8, 4) is 11.5 Å². The van der Waals surface area contributed by atoms with Gasteiger partial charge in [0.15, 0.2) is 17.3 Å². The fourth-order valence-electron chi connectivity index (χ4n) is 2.80. The van der Waals surface area contributed by atoms with Crippen LogP contribution in [-0.2, 0) is 0 Å². The van der Waals surface area contributed by atoms with Crippen LogP contribution in [0.5, 0.6) is 11.5 Å². The van der Waals surface area contributed by atoms with Crippen LogP contribution < -0.4 is 20.1 Å². The Morgan fingerprint density at radius 3 is 2.86 bits per heavy atom. The van der Waals surface area contributed by atoms with Gasteiger partial charge >= 0.3 is 0 Å². The minimum Gasteiger partial charge on any atom is -0.454 e. The van der Waals surface area contributed by atoms with Crippen LogP contribution in [0.4, 0.5) is 17.5 Å². The fraction of sp³-hybridized carbons (Fsp3) is 0.400. The van der Waals surface area contributed by atoms with E-state index in [2.05, 4.69) is 25.8 Å². The predicted octanol–water partition coefficient (Wildman–Crippen LogP) is 2.70. The van der Waals surface area contributed by atoms with Crippen LogP contribution in [0.15, 0.2) is 24.4 Å². The van der Waals surface area contributed by atoms with E-state index in [0.717, 1.165) is 17.2 Å². The molecule has 0 saturated heterocycles. The first-order valence-corrected chi connectivity index (χ1v) is 7.50. The minimum absolute atomic E-state index is 0.267. The Morgan fingerprint density at radius 1 is 1.09 bits per heavy atom. The Morgan fingerprint density at radius 2 is 1.95 bits per heavy atom. The zero-order valence-corrected chi connectivity index (χ0v) is 12.1. The van der Waals surface area contributed by atoms with Gasteiger partial charge in [-0.15, -0.1) is 5.10 Å². The standard InChI is InChI=1S/C15H17N5O2/c1-2-4-10(3-1)18-15-19-14(8-16-20-15)17-11-5-6-12-13(7-11)22-9-21-12/h5-8,10H,1-4,9H2,(H2,17,18,19,20). The van der Waals surface area contributed by atoms with Crippen LogP contribution in [0.2, 0.25) is 0 Å². The third-order valence-electron chi connectivity index (χ3n) is 3.89. The van der Waals surface area contributed by atoms with E-state index < -0.39 is 0 Å². The van der Waals surface area contributed by atoms with Crippen molar-refractivity contribution in [1.82, 2.24) is 15.2 Å². The number of rotatable bonds is 4. The summed E-state index contributed by atoms with van der Waals surface area (Å²) in [5, 5.41) is 14.6. The molecule has 0 amide bonds. The topological polar surface area (TPSA) is 81.2 Å². The molecular weight excluding hydrogens is 282 g/mol. The first-order chi connectivity index (χ1) is 10.9. The zero-order chi connectivity index (χ0) is 14.8. The highest BCUT2D eigenvalue weighted by atomic mass is 16.7. The third kappa shape index (κ3) is 2.74. The monoisotopic (exact) mass is 299 g/mol. The Labute approximate surface area is 128 Å². The molecule has 7 nitrogen and oxygen atoms in total. The number of nitrogens with one attached hydrogen (secondary N) is 2. The van der Waals surface area contributed by atoms with E-state index in [9.17, 15) is 0 Å². The van der Waals surface area contributed by atoms with E-state index in [1.54, 1.807) is 6.20 Å². The molecule has 114 valence electrons. The lowest BCUT2D eigenvalue weighted by atomic mass is 10.2. The summed E-state index contributed by atoms with van der Waals surface area (Å²) in [7, 11) is 0. The Balaban J connectivity index is 1.48. The Kier molecular flexibility index (Phi) is 3.38. The van der Waals surface area contributed by atoms with Crippen molar-refractivity contribution < 1.29 is 9.47 Å². The maximum absolute atomic E-state index is 5.37. The summed E-state index contributed by atoms with van der Waals surface area (Å²) in [6.45, 7) is 0.267. The molecule has 0 unspecified atom stereocenters. The summed E-state index contributed by atoms with van der Waals surface area (Å²) in [6, 6.07) is 6.13. The molecule has 2 aromatic rings. The smallest absolute Gasteiger partial charge is 0.244 e. The van der Waals surface area contributed by atoms with Gasteiger partial charge in [0.05, 0.1) is 6.20 Å². The van der Waals surface area contributed by atoms with Crippen LogP contribution in [0.25, 0.3) is 0 Å². The Hall–Kier alpha value is -2.57. The minimum atomic E-state index is 0.267. The van der Waals surface area contributed by atoms with Crippen molar-refractivity contribution in [1.29, 1.82) is 0 Å². The first kappa shape index (κ1) is 13.1. The van der Waals surface area contributed by atoms with E-state index in [0.29, 0.717) is 17.8 Å². The Bertz CT molecular complexity index is 673. The predicted molar refractivity (Wildman–Crippen MR) is 81.6 cm³/mol. The lowest BCUT2D eigenvalue weighted by Crippen LogP contribution is -2.17. The van der Waals surface area contributed by atoms with Crippen LogP contribution in [0.3, 0.4) is 0 Å². The zero-order valence-electron chi connectivity index (χ0n) is 12.1. The molecule has 1 fully saturated rings. The summed E-state index contributed by atoms with van der Waals surface area (Å²) in [5.74, 6) is 2.71. The molecule has 1 aliphatic carbocycles. The lowest BCUT2D eigenvalue weighted by molar-refractivity contribution is 0.174. The van der Waals surface area contributed by atoms with Gasteiger partial charge in [0.25, 0.3) is 0 Å². The first-order valence-electron chi connectivity index (χ1n) is 7.50. The molecule has 1 saturated carbocycles. The van der Waals surface area contributed by atoms with Crippen molar-refractivity contribution in [2.24, 2.45) is 0 Å². The molecule has 1 aromatic carbocycles. The lowest BCUT2D eigenvalue weighted by Gasteiger charge is -2.12. The summed E-state index contributed by atoms with van der Waals surface area (Å²) in [5.41, 5.74) is 0.872. The second kappa shape index (κ2) is 5.67. The van der Waals surface area contributed by atoms with E-state index in [1.165, 1.54) is 25.7 Å². The van der Waals surface area contributed by atoms with Crippen molar-refractivity contribution in [3.63, 3.8) is 0 Å². The molecule has 1 aromatic heterocycles. The summed E-state index contributed by atoms with van der Waals surface area (Å²) < 4.78 is 10.7. The van der Waals surface area contributed by atoms with E-state index in [4.69, 9.17) is 9.47 Å². The molecule has 4 rings (SSSR count). The van der Waals surface area contributed by atoms with Gasteiger partial charge in [-0.3, -0.25) is 0 Å². The van der Waals surface area contributed by atoms with Gasteiger partial charge in [0, 0.05) is 17.8 Å². The van der Waals surface area contributed by atoms with Gasteiger partial charge in [-0.25, -0.2) is 0 Å². The summed E-state index contributed by atoms with van der Waals surface area (Å²) in [6.07, 6.45) is 6.47. The molecule has 0 radical (unpaired) electrons. The largest absolute Gasteiger partial charge is 0.454 e. The number of fused-ring (bicyclic) bond motifs is 1. The van der Waals surface area contributed by atoms with Crippen molar-refractivity contribution in [2.45, 2.75) is 31.7 Å². The molecule has 2 aliphatic rings. The van der Waals surface area contributed by atoms with E-state index in [-0.39, 0.29) is 6.79 Å². The van der Waals surface area contributed by atoms with Crippen LogP contribution in [0.1, 0.15) is 25.7 Å². The number of aromatic nitrogens is 3. The molecule has 2 N–H and O–H groups in total. The van der Waals surface area contributed by atoms with Crippen molar-refractivity contribution in [2.75, 3.05) is 17.4 Å². The van der Waals surface area contributed by atoms with Gasteiger partial charge in [-0.2, -0.15) is 10.1 Å². The molecule has 7 heteroatoms. The van der Waals surface area contributed by atoms with Crippen molar-refractivity contribution >= 4 is 17.5 Å². The molecule has 0 atom stereocenters. The maximum atomic E-state index is 5.37. The molecule has 2 heterocycles. The SMILES string of the molecule is c1cc2c(cc1Nc1cnnc(NC3CCCC3)n1)OCO2. The van der Waals surface area contributed by atoms with Crippen LogP contribution in [0, 0.1) is 0 Å². The number of benzene rings is 1. The quantitative estimate of drug-likeness (QED) is 0.898. The van der Waals surface area contributed by atoms with Gasteiger partial charge in [-0.1, -0.05) is 12.8 Å². The van der Waals surface area contributed by atoms with Gasteiger partial charge in [0.1, 0.15) is 0 Å². The molecule has 1 aliphatic heterocycles. The van der Waals surface area contributed by atoms with Crippen LogP contribution in [-0.4, -0.2) is 28.0 Å². The number of anilines is 3. The normalized spacial score (nSPS) is 16.7.